The lowest BCUT2D eigenvalue weighted by atomic mass is 9.96. The molecule has 1 aromatic rings. The molecule has 1 aromatic carbocycles. The van der Waals surface area contributed by atoms with Crippen LogP contribution < -0.4 is 10.6 Å². The van der Waals surface area contributed by atoms with E-state index in [2.05, 4.69) is 19.9 Å². The van der Waals surface area contributed by atoms with E-state index in [-0.39, 0.29) is 16.7 Å². The van der Waals surface area contributed by atoms with Crippen LogP contribution in [0.4, 0.5) is 5.69 Å². The summed E-state index contributed by atoms with van der Waals surface area (Å²) in [5, 5.41) is 6.19. The highest BCUT2D eigenvalue weighted by Crippen LogP contribution is 2.27. The minimum atomic E-state index is -3.64. The SMILES string of the molecule is O=C(NC1CC1)C1CCN(CC2=NS(=O)(=O)c3ccccc3N2)CC1. The number of rotatable bonds is 4. The molecule has 2 N–H and O–H groups in total. The summed E-state index contributed by atoms with van der Waals surface area (Å²) in [5.41, 5.74) is 0.575. The Balaban J connectivity index is 1.36. The van der Waals surface area contributed by atoms with Gasteiger partial charge in [-0.3, -0.25) is 9.69 Å². The van der Waals surface area contributed by atoms with Crippen LogP contribution in [0, 0.1) is 5.92 Å². The van der Waals surface area contributed by atoms with Crippen LogP contribution >= 0.6 is 0 Å². The highest BCUT2D eigenvalue weighted by atomic mass is 32.2. The standard InChI is InChI=1S/C17H22N4O3S/c22-17(18-13-5-6-13)12-7-9-21(10-8-12)11-16-19-14-3-1-2-4-15(14)25(23,24)20-16/h1-4,12-13H,5-11H2,(H,18,22)(H,19,20). The molecule has 1 amide bonds. The van der Waals surface area contributed by atoms with Gasteiger partial charge < -0.3 is 10.6 Å². The lowest BCUT2D eigenvalue weighted by Gasteiger charge is -2.32. The van der Waals surface area contributed by atoms with Crippen molar-refractivity contribution in [2.24, 2.45) is 10.3 Å². The van der Waals surface area contributed by atoms with Gasteiger partial charge in [0, 0.05) is 12.0 Å². The van der Waals surface area contributed by atoms with Crippen LogP contribution in [0.1, 0.15) is 25.7 Å². The van der Waals surface area contributed by atoms with E-state index in [0.717, 1.165) is 38.8 Å². The third-order valence-corrected chi connectivity index (χ3v) is 6.30. The van der Waals surface area contributed by atoms with Gasteiger partial charge in [-0.1, -0.05) is 12.1 Å². The van der Waals surface area contributed by atoms with E-state index in [1.165, 1.54) is 0 Å². The molecule has 0 atom stereocenters. The molecular formula is C17H22N4O3S. The number of piperidine rings is 1. The van der Waals surface area contributed by atoms with Gasteiger partial charge in [-0.05, 0) is 50.9 Å². The first-order chi connectivity index (χ1) is 12.0. The molecule has 7 nitrogen and oxygen atoms in total. The second-order valence-electron chi connectivity index (χ2n) is 6.97. The first kappa shape index (κ1) is 16.5. The summed E-state index contributed by atoms with van der Waals surface area (Å²) >= 11 is 0. The predicted molar refractivity (Wildman–Crippen MR) is 95.0 cm³/mol. The number of carbonyl (C=O) groups excluding carboxylic acids is 1. The number of hydrogen-bond acceptors (Lipinski definition) is 5. The lowest BCUT2D eigenvalue weighted by molar-refractivity contribution is -0.126. The Kier molecular flexibility index (Phi) is 4.24. The summed E-state index contributed by atoms with van der Waals surface area (Å²) in [6, 6.07) is 7.19. The topological polar surface area (TPSA) is 90.9 Å². The van der Waals surface area contributed by atoms with Crippen molar-refractivity contribution in [3.63, 3.8) is 0 Å². The van der Waals surface area contributed by atoms with Gasteiger partial charge in [-0.15, -0.1) is 4.40 Å². The molecular weight excluding hydrogens is 340 g/mol. The fourth-order valence-corrected chi connectivity index (χ4v) is 4.49. The third-order valence-electron chi connectivity index (χ3n) is 4.93. The Morgan fingerprint density at radius 3 is 2.64 bits per heavy atom. The molecule has 0 aromatic heterocycles. The maximum Gasteiger partial charge on any atom is 0.286 e. The first-order valence-electron chi connectivity index (χ1n) is 8.74. The summed E-state index contributed by atoms with van der Waals surface area (Å²) in [6.45, 7) is 1.99. The van der Waals surface area contributed by atoms with Crippen molar-refractivity contribution in [3.8, 4) is 0 Å². The van der Waals surface area contributed by atoms with Gasteiger partial charge >= 0.3 is 0 Å². The summed E-state index contributed by atoms with van der Waals surface area (Å²) in [5.74, 6) is 0.689. The fourth-order valence-electron chi connectivity index (χ4n) is 3.35. The molecule has 0 bridgehead atoms. The molecule has 8 heteroatoms. The molecule has 2 fully saturated rings. The monoisotopic (exact) mass is 362 g/mol. The molecule has 25 heavy (non-hydrogen) atoms. The van der Waals surface area contributed by atoms with Crippen molar-refractivity contribution in [2.75, 3.05) is 25.0 Å². The predicted octanol–water partition coefficient (Wildman–Crippen LogP) is 1.19. The Morgan fingerprint density at radius 2 is 1.92 bits per heavy atom. The molecule has 134 valence electrons. The van der Waals surface area contributed by atoms with Gasteiger partial charge in [0.25, 0.3) is 10.0 Å². The van der Waals surface area contributed by atoms with Crippen LogP contribution in [-0.2, 0) is 14.8 Å². The van der Waals surface area contributed by atoms with Gasteiger partial charge in [0.05, 0.1) is 12.2 Å². The minimum Gasteiger partial charge on any atom is -0.353 e. The molecule has 1 saturated carbocycles. The minimum absolute atomic E-state index is 0.0718. The maximum atomic E-state index is 12.3. The zero-order chi connectivity index (χ0) is 17.4. The number of amidine groups is 1. The van der Waals surface area contributed by atoms with Gasteiger partial charge in [0.1, 0.15) is 10.7 Å². The van der Waals surface area contributed by atoms with E-state index < -0.39 is 10.0 Å². The Hall–Kier alpha value is -1.93. The van der Waals surface area contributed by atoms with Crippen LogP contribution in [0.25, 0.3) is 0 Å². The van der Waals surface area contributed by atoms with Crippen molar-refractivity contribution in [1.82, 2.24) is 10.2 Å². The second-order valence-corrected chi connectivity index (χ2v) is 8.54. The van der Waals surface area contributed by atoms with Gasteiger partial charge in [-0.2, -0.15) is 8.42 Å². The highest BCUT2D eigenvalue weighted by molar-refractivity contribution is 7.90. The summed E-state index contributed by atoms with van der Waals surface area (Å²) in [6.07, 6.45) is 3.81. The number of nitrogens with zero attached hydrogens (tertiary/aromatic N) is 2. The van der Waals surface area contributed by atoms with Crippen LogP contribution in [0.5, 0.6) is 0 Å². The number of benzene rings is 1. The highest BCUT2D eigenvalue weighted by Gasteiger charge is 2.31. The molecule has 2 heterocycles. The van der Waals surface area contributed by atoms with Crippen molar-refractivity contribution in [1.29, 1.82) is 0 Å². The van der Waals surface area contributed by atoms with Crippen molar-refractivity contribution < 1.29 is 13.2 Å². The van der Waals surface area contributed by atoms with Crippen molar-refractivity contribution in [2.45, 2.75) is 36.6 Å². The lowest BCUT2D eigenvalue weighted by Crippen LogP contribution is -2.44. The number of fused-ring (bicyclic) bond motifs is 1. The Bertz CT molecular complexity index is 809. The number of hydrogen-bond donors (Lipinski definition) is 2. The molecule has 0 unspecified atom stereocenters. The summed E-state index contributed by atoms with van der Waals surface area (Å²) in [4.78, 5) is 14.5. The maximum absolute atomic E-state index is 12.3. The van der Waals surface area contributed by atoms with Crippen LogP contribution in [0.2, 0.25) is 0 Å². The number of sulfonamides is 1. The zero-order valence-electron chi connectivity index (χ0n) is 13.9. The van der Waals surface area contributed by atoms with Crippen LogP contribution in [-0.4, -0.2) is 50.7 Å². The number of amides is 1. The number of likely N-dealkylation sites (tertiary alicyclic amines) is 1. The Labute approximate surface area is 147 Å². The van der Waals surface area contributed by atoms with E-state index in [1.54, 1.807) is 24.3 Å². The third kappa shape index (κ3) is 3.69. The van der Waals surface area contributed by atoms with Gasteiger partial charge in [0.15, 0.2) is 0 Å². The first-order valence-corrected chi connectivity index (χ1v) is 10.2. The molecule has 0 spiro atoms. The van der Waals surface area contributed by atoms with E-state index in [4.69, 9.17) is 0 Å². The average Bonchev–Trinajstić information content (AvgIpc) is 3.39. The van der Waals surface area contributed by atoms with Crippen LogP contribution in [0.15, 0.2) is 33.6 Å². The molecule has 3 aliphatic rings. The number of para-hydroxylation sites is 1. The summed E-state index contributed by atoms with van der Waals surface area (Å²) < 4.78 is 28.5. The number of nitrogens with one attached hydrogen (secondary N) is 2. The zero-order valence-corrected chi connectivity index (χ0v) is 14.8. The van der Waals surface area contributed by atoms with E-state index in [0.29, 0.717) is 24.1 Å². The van der Waals surface area contributed by atoms with E-state index in [1.807, 2.05) is 0 Å². The van der Waals surface area contributed by atoms with Crippen LogP contribution in [0.3, 0.4) is 0 Å². The smallest absolute Gasteiger partial charge is 0.286 e. The quantitative estimate of drug-likeness (QED) is 0.840. The molecule has 2 aliphatic heterocycles. The Morgan fingerprint density at radius 1 is 1.20 bits per heavy atom. The van der Waals surface area contributed by atoms with Crippen molar-refractivity contribution in [3.05, 3.63) is 24.3 Å². The number of anilines is 1. The largest absolute Gasteiger partial charge is 0.353 e. The van der Waals surface area contributed by atoms with Gasteiger partial charge in [-0.25, -0.2) is 0 Å². The fraction of sp³-hybridized carbons (Fsp3) is 0.529. The van der Waals surface area contributed by atoms with E-state index in [9.17, 15) is 13.2 Å². The van der Waals surface area contributed by atoms with E-state index >= 15 is 0 Å². The normalized spacial score (nSPS) is 23.3. The molecule has 1 saturated heterocycles. The summed E-state index contributed by atoms with van der Waals surface area (Å²) in [7, 11) is -3.64. The average molecular weight is 362 g/mol. The van der Waals surface area contributed by atoms with Crippen molar-refractivity contribution >= 4 is 27.5 Å². The molecule has 0 radical (unpaired) electrons. The molecule has 4 rings (SSSR count). The second kappa shape index (κ2) is 6.42. The molecule has 1 aliphatic carbocycles. The van der Waals surface area contributed by atoms with Gasteiger partial charge in [0.2, 0.25) is 5.91 Å². The number of carbonyl (C=O) groups is 1.